The Morgan fingerprint density at radius 1 is 1.03 bits per heavy atom. The molecule has 0 bridgehead atoms. The van der Waals surface area contributed by atoms with E-state index in [1.54, 1.807) is 18.5 Å². The van der Waals surface area contributed by atoms with Gasteiger partial charge in [0, 0.05) is 37.4 Å². The van der Waals surface area contributed by atoms with Crippen molar-refractivity contribution in [3.8, 4) is 0 Å². The zero-order chi connectivity index (χ0) is 20.5. The normalized spacial score (nSPS) is 10.4. The van der Waals surface area contributed by atoms with Crippen LogP contribution in [0.4, 0.5) is 23.0 Å². The average Bonchev–Trinajstić information content (AvgIpc) is 2.74. The summed E-state index contributed by atoms with van der Waals surface area (Å²) in [6.07, 6.45) is 6.26. The molecule has 0 aliphatic heterocycles. The summed E-state index contributed by atoms with van der Waals surface area (Å²) in [6.45, 7) is 5.80. The standard InChI is InChI=1S/C21H24N6O2/c1-3-29-11-10-23-21-24-12-16(13-25-21)20(28)27-18-8-9-22-14-19(18)26-17-6-4-15(2)5-7-17/h4-9,12-14,26H,3,10-11H2,1-2H3,(H,22,27,28)(H,23,24,25). The minimum absolute atomic E-state index is 0.302. The van der Waals surface area contributed by atoms with Gasteiger partial charge >= 0.3 is 0 Å². The van der Waals surface area contributed by atoms with E-state index < -0.39 is 0 Å². The van der Waals surface area contributed by atoms with Gasteiger partial charge in [0.25, 0.3) is 5.91 Å². The minimum Gasteiger partial charge on any atom is -0.380 e. The van der Waals surface area contributed by atoms with Crippen LogP contribution >= 0.6 is 0 Å². The molecule has 2 heterocycles. The van der Waals surface area contributed by atoms with Gasteiger partial charge in [-0.1, -0.05) is 17.7 Å². The van der Waals surface area contributed by atoms with Crippen LogP contribution in [0.2, 0.25) is 0 Å². The van der Waals surface area contributed by atoms with Gasteiger partial charge in [0.1, 0.15) is 0 Å². The highest BCUT2D eigenvalue weighted by Crippen LogP contribution is 2.25. The van der Waals surface area contributed by atoms with Crippen molar-refractivity contribution in [3.05, 3.63) is 66.2 Å². The lowest BCUT2D eigenvalue weighted by molar-refractivity contribution is 0.102. The van der Waals surface area contributed by atoms with Crippen molar-refractivity contribution >= 4 is 28.9 Å². The summed E-state index contributed by atoms with van der Waals surface area (Å²) in [5.74, 6) is 0.149. The molecule has 2 aromatic heterocycles. The molecule has 3 rings (SSSR count). The third-order valence-electron chi connectivity index (χ3n) is 4.05. The molecular weight excluding hydrogens is 368 g/mol. The summed E-state index contributed by atoms with van der Waals surface area (Å²) < 4.78 is 5.25. The van der Waals surface area contributed by atoms with E-state index in [0.29, 0.717) is 42.6 Å². The number of hydrogen-bond acceptors (Lipinski definition) is 7. The molecule has 0 fully saturated rings. The van der Waals surface area contributed by atoms with Gasteiger partial charge in [0.15, 0.2) is 0 Å². The van der Waals surface area contributed by atoms with Crippen molar-refractivity contribution in [1.29, 1.82) is 0 Å². The molecule has 0 radical (unpaired) electrons. The Morgan fingerprint density at radius 2 is 1.79 bits per heavy atom. The Kier molecular flexibility index (Phi) is 7.07. The highest BCUT2D eigenvalue weighted by atomic mass is 16.5. The second-order valence-electron chi connectivity index (χ2n) is 6.29. The van der Waals surface area contributed by atoms with E-state index in [9.17, 15) is 4.79 Å². The van der Waals surface area contributed by atoms with Crippen molar-refractivity contribution in [2.24, 2.45) is 0 Å². The molecule has 0 saturated heterocycles. The second kappa shape index (κ2) is 10.1. The van der Waals surface area contributed by atoms with E-state index in [4.69, 9.17) is 4.74 Å². The number of aryl methyl sites for hydroxylation is 1. The number of hydrogen-bond donors (Lipinski definition) is 3. The SMILES string of the molecule is CCOCCNc1ncc(C(=O)Nc2ccncc2Nc2ccc(C)cc2)cn1. The summed E-state index contributed by atoms with van der Waals surface area (Å²) in [6, 6.07) is 9.70. The van der Waals surface area contributed by atoms with Gasteiger partial charge in [-0.05, 0) is 32.0 Å². The van der Waals surface area contributed by atoms with Crippen LogP contribution in [-0.4, -0.2) is 40.6 Å². The molecule has 29 heavy (non-hydrogen) atoms. The van der Waals surface area contributed by atoms with E-state index in [2.05, 4.69) is 30.9 Å². The van der Waals surface area contributed by atoms with E-state index >= 15 is 0 Å². The quantitative estimate of drug-likeness (QED) is 0.478. The van der Waals surface area contributed by atoms with Gasteiger partial charge in [0.05, 0.1) is 29.7 Å². The molecule has 0 unspecified atom stereocenters. The predicted molar refractivity (Wildman–Crippen MR) is 114 cm³/mol. The number of rotatable bonds is 9. The zero-order valence-electron chi connectivity index (χ0n) is 16.5. The van der Waals surface area contributed by atoms with Crippen LogP contribution in [-0.2, 0) is 4.74 Å². The number of ether oxygens (including phenoxy) is 1. The molecule has 0 atom stereocenters. The van der Waals surface area contributed by atoms with Crippen molar-refractivity contribution < 1.29 is 9.53 Å². The minimum atomic E-state index is -0.302. The fourth-order valence-electron chi connectivity index (χ4n) is 2.51. The average molecular weight is 392 g/mol. The third kappa shape index (κ3) is 5.98. The molecule has 1 aromatic carbocycles. The first-order chi connectivity index (χ1) is 14.2. The van der Waals surface area contributed by atoms with Gasteiger partial charge in [0.2, 0.25) is 5.95 Å². The van der Waals surface area contributed by atoms with Crippen LogP contribution in [0.3, 0.4) is 0 Å². The summed E-state index contributed by atoms with van der Waals surface area (Å²) in [4.78, 5) is 25.1. The third-order valence-corrected chi connectivity index (χ3v) is 4.05. The number of carbonyl (C=O) groups is 1. The fraction of sp³-hybridized carbons (Fsp3) is 0.238. The van der Waals surface area contributed by atoms with Crippen LogP contribution in [0.25, 0.3) is 0 Å². The molecule has 0 aliphatic carbocycles. The lowest BCUT2D eigenvalue weighted by Crippen LogP contribution is -2.15. The first kappa shape index (κ1) is 20.2. The number of aromatic nitrogens is 3. The Morgan fingerprint density at radius 3 is 2.52 bits per heavy atom. The van der Waals surface area contributed by atoms with Crippen LogP contribution in [0.15, 0.2) is 55.1 Å². The summed E-state index contributed by atoms with van der Waals surface area (Å²) in [5, 5.41) is 9.18. The van der Waals surface area contributed by atoms with Crippen LogP contribution in [0.1, 0.15) is 22.8 Å². The molecule has 3 N–H and O–H groups in total. The second-order valence-corrected chi connectivity index (χ2v) is 6.29. The Labute approximate surface area is 169 Å². The molecule has 150 valence electrons. The van der Waals surface area contributed by atoms with E-state index in [1.807, 2.05) is 38.1 Å². The number of amides is 1. The van der Waals surface area contributed by atoms with Gasteiger partial charge in [-0.3, -0.25) is 9.78 Å². The number of pyridine rings is 1. The van der Waals surface area contributed by atoms with Crippen molar-refractivity contribution in [2.45, 2.75) is 13.8 Å². The number of benzene rings is 1. The molecule has 8 nitrogen and oxygen atoms in total. The maximum atomic E-state index is 12.6. The maximum Gasteiger partial charge on any atom is 0.258 e. The summed E-state index contributed by atoms with van der Waals surface area (Å²) in [7, 11) is 0. The molecule has 0 aliphatic rings. The molecular formula is C21H24N6O2. The van der Waals surface area contributed by atoms with Crippen molar-refractivity contribution in [1.82, 2.24) is 15.0 Å². The number of nitrogens with one attached hydrogen (secondary N) is 3. The number of anilines is 4. The first-order valence-electron chi connectivity index (χ1n) is 9.38. The highest BCUT2D eigenvalue weighted by molar-refractivity contribution is 6.05. The van der Waals surface area contributed by atoms with Gasteiger partial charge in [-0.15, -0.1) is 0 Å². The van der Waals surface area contributed by atoms with E-state index in [-0.39, 0.29) is 5.91 Å². The zero-order valence-corrected chi connectivity index (χ0v) is 16.5. The fourth-order valence-corrected chi connectivity index (χ4v) is 2.51. The van der Waals surface area contributed by atoms with E-state index in [1.165, 1.54) is 18.0 Å². The number of carbonyl (C=O) groups excluding carboxylic acids is 1. The highest BCUT2D eigenvalue weighted by Gasteiger charge is 2.11. The lowest BCUT2D eigenvalue weighted by atomic mass is 10.2. The molecule has 1 amide bonds. The van der Waals surface area contributed by atoms with Crippen LogP contribution < -0.4 is 16.0 Å². The lowest BCUT2D eigenvalue weighted by Gasteiger charge is -2.13. The molecule has 8 heteroatoms. The topological polar surface area (TPSA) is 101 Å². The Hall–Kier alpha value is -3.52. The Bertz CT molecular complexity index is 929. The van der Waals surface area contributed by atoms with Crippen molar-refractivity contribution in [3.63, 3.8) is 0 Å². The van der Waals surface area contributed by atoms with Crippen LogP contribution in [0, 0.1) is 6.92 Å². The monoisotopic (exact) mass is 392 g/mol. The van der Waals surface area contributed by atoms with Crippen LogP contribution in [0.5, 0.6) is 0 Å². The molecule has 0 saturated carbocycles. The van der Waals surface area contributed by atoms with Gasteiger partial charge in [-0.25, -0.2) is 9.97 Å². The first-order valence-corrected chi connectivity index (χ1v) is 9.38. The van der Waals surface area contributed by atoms with Gasteiger partial charge in [-0.2, -0.15) is 0 Å². The number of nitrogens with zero attached hydrogens (tertiary/aromatic N) is 3. The Balaban J connectivity index is 1.64. The largest absolute Gasteiger partial charge is 0.380 e. The van der Waals surface area contributed by atoms with E-state index in [0.717, 1.165) is 5.69 Å². The summed E-state index contributed by atoms with van der Waals surface area (Å²) >= 11 is 0. The summed E-state index contributed by atoms with van der Waals surface area (Å²) in [5.41, 5.74) is 3.75. The maximum absolute atomic E-state index is 12.6. The predicted octanol–water partition coefficient (Wildman–Crippen LogP) is 3.62. The molecule has 0 spiro atoms. The molecule has 3 aromatic rings. The van der Waals surface area contributed by atoms with Crippen molar-refractivity contribution in [2.75, 3.05) is 35.7 Å². The van der Waals surface area contributed by atoms with Gasteiger partial charge < -0.3 is 20.7 Å². The smallest absolute Gasteiger partial charge is 0.258 e.